The molecule has 0 amide bonds. The maximum absolute atomic E-state index is 5.87. The summed E-state index contributed by atoms with van der Waals surface area (Å²) in [5.41, 5.74) is 4.04. The van der Waals surface area contributed by atoms with Crippen LogP contribution in [0, 0.1) is 20.8 Å². The molecule has 0 radical (unpaired) electrons. The Morgan fingerprint density at radius 1 is 0.750 bits per heavy atom. The lowest BCUT2D eigenvalue weighted by Crippen LogP contribution is -1.99. The number of ether oxygens (including phenoxy) is 1. The van der Waals surface area contributed by atoms with Gasteiger partial charge in [-0.1, -0.05) is 51.9 Å². The average molecular weight is 276 g/mol. The third kappa shape index (κ3) is 6.45. The maximum Gasteiger partial charge on any atom is 0.119 e. The Labute approximate surface area is 125 Å². The van der Waals surface area contributed by atoms with Crippen molar-refractivity contribution in [2.45, 2.75) is 79.1 Å². The number of rotatable bonds is 10. The van der Waals surface area contributed by atoms with Crippen LogP contribution in [0.25, 0.3) is 0 Å². The maximum atomic E-state index is 5.87. The molecule has 20 heavy (non-hydrogen) atoms. The zero-order chi connectivity index (χ0) is 14.8. The van der Waals surface area contributed by atoms with Gasteiger partial charge in [-0.25, -0.2) is 0 Å². The summed E-state index contributed by atoms with van der Waals surface area (Å²) in [6.45, 7) is 9.62. The molecule has 0 heterocycles. The minimum absolute atomic E-state index is 0.858. The number of hydrogen-bond acceptors (Lipinski definition) is 1. The van der Waals surface area contributed by atoms with Gasteiger partial charge < -0.3 is 4.74 Å². The molecule has 0 fully saturated rings. The normalized spacial score (nSPS) is 10.8. The highest BCUT2D eigenvalue weighted by Crippen LogP contribution is 2.21. The molecule has 1 heteroatoms. The summed E-state index contributed by atoms with van der Waals surface area (Å²) in [5.74, 6) is 1.04. The molecule has 0 atom stereocenters. The first-order chi connectivity index (χ1) is 9.65. The highest BCUT2D eigenvalue weighted by atomic mass is 16.5. The fourth-order valence-corrected chi connectivity index (χ4v) is 2.51. The molecule has 0 saturated heterocycles. The molecule has 1 rings (SSSR count). The lowest BCUT2D eigenvalue weighted by Gasteiger charge is -2.11. The zero-order valence-corrected chi connectivity index (χ0v) is 13.9. The van der Waals surface area contributed by atoms with Crippen LogP contribution < -0.4 is 4.74 Å². The SMILES string of the molecule is CCCCCCCCCCOc1cc(C)c(C)c(C)c1. The van der Waals surface area contributed by atoms with E-state index in [4.69, 9.17) is 4.74 Å². The van der Waals surface area contributed by atoms with Gasteiger partial charge in [0, 0.05) is 0 Å². The summed E-state index contributed by atoms with van der Waals surface area (Å²) in [7, 11) is 0. The lowest BCUT2D eigenvalue weighted by molar-refractivity contribution is 0.304. The van der Waals surface area contributed by atoms with E-state index in [1.807, 2.05) is 0 Å². The summed E-state index contributed by atoms with van der Waals surface area (Å²) < 4.78 is 5.87. The highest BCUT2D eigenvalue weighted by molar-refractivity contribution is 5.40. The first-order valence-corrected chi connectivity index (χ1v) is 8.35. The fourth-order valence-electron chi connectivity index (χ4n) is 2.51. The molecule has 0 aliphatic rings. The topological polar surface area (TPSA) is 9.23 Å². The number of aryl methyl sites for hydroxylation is 2. The minimum atomic E-state index is 0.858. The Morgan fingerprint density at radius 3 is 1.80 bits per heavy atom. The van der Waals surface area contributed by atoms with Gasteiger partial charge in [-0.05, 0) is 56.0 Å². The monoisotopic (exact) mass is 276 g/mol. The Kier molecular flexibility index (Phi) is 8.41. The Hall–Kier alpha value is -0.980. The summed E-state index contributed by atoms with van der Waals surface area (Å²) >= 11 is 0. The second kappa shape index (κ2) is 9.85. The first-order valence-electron chi connectivity index (χ1n) is 8.35. The molecule has 0 unspecified atom stereocenters. The van der Waals surface area contributed by atoms with Crippen molar-refractivity contribution in [3.05, 3.63) is 28.8 Å². The van der Waals surface area contributed by atoms with E-state index < -0.39 is 0 Å². The second-order valence-electron chi connectivity index (χ2n) is 6.01. The van der Waals surface area contributed by atoms with Gasteiger partial charge in [0.25, 0.3) is 0 Å². The summed E-state index contributed by atoms with van der Waals surface area (Å²) in [6, 6.07) is 4.32. The second-order valence-corrected chi connectivity index (χ2v) is 6.01. The molecule has 1 aromatic carbocycles. The van der Waals surface area contributed by atoms with E-state index >= 15 is 0 Å². The summed E-state index contributed by atoms with van der Waals surface area (Å²) in [6.07, 6.45) is 10.8. The van der Waals surface area contributed by atoms with Gasteiger partial charge >= 0.3 is 0 Å². The molecule has 0 aromatic heterocycles. The van der Waals surface area contributed by atoms with E-state index in [1.165, 1.54) is 68.1 Å². The smallest absolute Gasteiger partial charge is 0.119 e. The largest absolute Gasteiger partial charge is 0.494 e. The standard InChI is InChI=1S/C19H32O/c1-5-6-7-8-9-10-11-12-13-20-19-14-16(2)18(4)17(3)15-19/h14-15H,5-13H2,1-4H3. The van der Waals surface area contributed by atoms with Gasteiger partial charge in [0.2, 0.25) is 0 Å². The van der Waals surface area contributed by atoms with Gasteiger partial charge in [0.05, 0.1) is 6.61 Å². The van der Waals surface area contributed by atoms with Crippen LogP contribution in [0.2, 0.25) is 0 Å². The molecule has 0 saturated carbocycles. The predicted octanol–water partition coefficient (Wildman–Crippen LogP) is 6.13. The van der Waals surface area contributed by atoms with Crippen molar-refractivity contribution >= 4 is 0 Å². The van der Waals surface area contributed by atoms with Crippen molar-refractivity contribution < 1.29 is 4.74 Å². The molecule has 0 spiro atoms. The molecule has 0 aliphatic carbocycles. The number of benzene rings is 1. The van der Waals surface area contributed by atoms with Gasteiger partial charge in [-0.2, -0.15) is 0 Å². The van der Waals surface area contributed by atoms with E-state index in [2.05, 4.69) is 39.8 Å². The van der Waals surface area contributed by atoms with Crippen LogP contribution in [0.4, 0.5) is 0 Å². The molecular formula is C19H32O. The van der Waals surface area contributed by atoms with Crippen molar-refractivity contribution in [3.63, 3.8) is 0 Å². The van der Waals surface area contributed by atoms with E-state index in [9.17, 15) is 0 Å². The highest BCUT2D eigenvalue weighted by Gasteiger charge is 2.01. The summed E-state index contributed by atoms with van der Waals surface area (Å²) in [5, 5.41) is 0. The molecule has 114 valence electrons. The van der Waals surface area contributed by atoms with Crippen LogP contribution in [-0.2, 0) is 0 Å². The van der Waals surface area contributed by atoms with Crippen LogP contribution in [-0.4, -0.2) is 6.61 Å². The van der Waals surface area contributed by atoms with Crippen molar-refractivity contribution in [2.24, 2.45) is 0 Å². The average Bonchev–Trinajstić information content (AvgIpc) is 2.43. The van der Waals surface area contributed by atoms with E-state index in [1.54, 1.807) is 0 Å². The van der Waals surface area contributed by atoms with E-state index in [0.29, 0.717) is 0 Å². The number of hydrogen-bond donors (Lipinski definition) is 0. The van der Waals surface area contributed by atoms with Gasteiger partial charge in [0.15, 0.2) is 0 Å². The van der Waals surface area contributed by atoms with Crippen molar-refractivity contribution in [1.29, 1.82) is 0 Å². The fraction of sp³-hybridized carbons (Fsp3) is 0.684. The van der Waals surface area contributed by atoms with Crippen LogP contribution >= 0.6 is 0 Å². The van der Waals surface area contributed by atoms with Crippen molar-refractivity contribution in [1.82, 2.24) is 0 Å². The first kappa shape index (κ1) is 17.1. The summed E-state index contributed by atoms with van der Waals surface area (Å²) in [4.78, 5) is 0. The number of unbranched alkanes of at least 4 members (excludes halogenated alkanes) is 7. The quantitative estimate of drug-likeness (QED) is 0.467. The van der Waals surface area contributed by atoms with E-state index in [0.717, 1.165) is 12.4 Å². The Balaban J connectivity index is 2.10. The van der Waals surface area contributed by atoms with Gasteiger partial charge in [0.1, 0.15) is 5.75 Å². The van der Waals surface area contributed by atoms with Crippen LogP contribution in [0.1, 0.15) is 75.0 Å². The molecule has 1 aromatic rings. The molecule has 0 aliphatic heterocycles. The van der Waals surface area contributed by atoms with Crippen LogP contribution in [0.3, 0.4) is 0 Å². The Morgan fingerprint density at radius 2 is 1.25 bits per heavy atom. The third-order valence-corrected chi connectivity index (χ3v) is 4.17. The molecule has 1 nitrogen and oxygen atoms in total. The minimum Gasteiger partial charge on any atom is -0.494 e. The van der Waals surface area contributed by atoms with Crippen molar-refractivity contribution in [2.75, 3.05) is 6.61 Å². The Bertz CT molecular complexity index is 358. The third-order valence-electron chi connectivity index (χ3n) is 4.17. The predicted molar refractivity (Wildman–Crippen MR) is 88.8 cm³/mol. The van der Waals surface area contributed by atoms with Gasteiger partial charge in [-0.15, -0.1) is 0 Å². The lowest BCUT2D eigenvalue weighted by atomic mass is 10.0. The molecular weight excluding hydrogens is 244 g/mol. The molecule has 0 bridgehead atoms. The van der Waals surface area contributed by atoms with Gasteiger partial charge in [-0.3, -0.25) is 0 Å². The van der Waals surface area contributed by atoms with E-state index in [-0.39, 0.29) is 0 Å². The van der Waals surface area contributed by atoms with Crippen LogP contribution in [0.5, 0.6) is 5.75 Å². The molecule has 0 N–H and O–H groups in total. The van der Waals surface area contributed by atoms with Crippen molar-refractivity contribution in [3.8, 4) is 5.75 Å². The zero-order valence-electron chi connectivity index (χ0n) is 13.9. The van der Waals surface area contributed by atoms with Crippen LogP contribution in [0.15, 0.2) is 12.1 Å².